The number of carbonyl (C=O) groups is 4. The molecule has 0 bridgehead atoms. The van der Waals surface area contributed by atoms with Crippen molar-refractivity contribution in [3.05, 3.63) is 34.8 Å². The fourth-order valence-electron chi connectivity index (χ4n) is 3.46. The molecule has 9 N–H and O–H groups in total. The van der Waals surface area contributed by atoms with E-state index in [0.717, 1.165) is 23.5 Å². The number of β-lactam (4-membered cyclic amide) rings is 1. The van der Waals surface area contributed by atoms with Crippen molar-refractivity contribution in [3.63, 3.8) is 0 Å². The number of thiazole rings is 1. The second-order valence-electron chi connectivity index (χ2n) is 8.97. The number of aromatic nitrogens is 1. The van der Waals surface area contributed by atoms with Crippen LogP contribution in [0.25, 0.3) is 0 Å². The molecule has 4 amide bonds. The number of hydrogen-bond acceptors (Lipinski definition) is 13. The quantitative estimate of drug-likeness (QED) is 0.0540. The van der Waals surface area contributed by atoms with Crippen LogP contribution in [-0.4, -0.2) is 79.5 Å². The number of nitrogens with two attached hydrogens (primary N) is 2. The van der Waals surface area contributed by atoms with E-state index in [-0.39, 0.29) is 20.7 Å². The fourth-order valence-corrected chi connectivity index (χ4v) is 4.89. The molecule has 1 aliphatic rings. The Bertz CT molecular complexity index is 1500. The van der Waals surface area contributed by atoms with E-state index >= 15 is 0 Å². The molecule has 2 aromatic rings. The topological polar surface area (TPSA) is 277 Å². The normalized spacial score (nSPS) is 18.4. The SMILES string of the molecule is C[C@H]1[C@H](NC(=O)/C(=N\OC(C)(C)C(=O)NC(C(N)=O)c2ccc(O)c(O)c2)c2csc(N)n2)C(=O)N1S(=O)(=O)O. The lowest BCUT2D eigenvalue weighted by Crippen LogP contribution is -2.71. The Labute approximate surface area is 230 Å². The molecule has 216 valence electrons. The van der Waals surface area contributed by atoms with E-state index in [9.17, 15) is 37.8 Å². The molecule has 1 aromatic heterocycles. The Morgan fingerprint density at radius 3 is 2.40 bits per heavy atom. The molecule has 1 unspecified atom stereocenters. The Morgan fingerprint density at radius 2 is 1.90 bits per heavy atom. The summed E-state index contributed by atoms with van der Waals surface area (Å²) in [6.07, 6.45) is 0. The minimum Gasteiger partial charge on any atom is -0.504 e. The van der Waals surface area contributed by atoms with Crippen molar-refractivity contribution < 1.29 is 47.2 Å². The third-order valence-corrected chi connectivity index (χ3v) is 7.34. The number of amides is 4. The molecule has 0 saturated carbocycles. The van der Waals surface area contributed by atoms with Crippen LogP contribution in [0.2, 0.25) is 0 Å². The predicted octanol–water partition coefficient (Wildman–Crippen LogP) is -1.50. The van der Waals surface area contributed by atoms with Gasteiger partial charge in [-0.3, -0.25) is 23.7 Å². The number of aromatic hydroxyl groups is 2. The number of oxime groups is 1. The maximum Gasteiger partial charge on any atom is 0.362 e. The summed E-state index contributed by atoms with van der Waals surface area (Å²) in [5.41, 5.74) is 8.58. The fraction of sp³-hybridized carbons (Fsp3) is 0.333. The molecule has 1 fully saturated rings. The summed E-state index contributed by atoms with van der Waals surface area (Å²) in [6.45, 7) is 3.75. The summed E-state index contributed by atoms with van der Waals surface area (Å²) >= 11 is 0.938. The highest BCUT2D eigenvalue weighted by Crippen LogP contribution is 2.28. The van der Waals surface area contributed by atoms with Crippen LogP contribution in [0.15, 0.2) is 28.7 Å². The summed E-state index contributed by atoms with van der Waals surface area (Å²) in [5.74, 6) is -5.11. The molecule has 19 heteroatoms. The van der Waals surface area contributed by atoms with Crippen LogP contribution in [0.4, 0.5) is 5.13 Å². The maximum absolute atomic E-state index is 13.0. The van der Waals surface area contributed by atoms with E-state index in [1.807, 2.05) is 0 Å². The maximum atomic E-state index is 13.0. The van der Waals surface area contributed by atoms with Crippen LogP contribution in [0.5, 0.6) is 11.5 Å². The number of rotatable bonds is 10. The van der Waals surface area contributed by atoms with Crippen LogP contribution in [-0.2, 0) is 34.3 Å². The number of primary amides is 1. The zero-order chi connectivity index (χ0) is 30.2. The van der Waals surface area contributed by atoms with Crippen molar-refractivity contribution >= 4 is 56.1 Å². The monoisotopic (exact) mass is 599 g/mol. The van der Waals surface area contributed by atoms with Crippen molar-refractivity contribution in [3.8, 4) is 11.5 Å². The first-order chi connectivity index (χ1) is 18.4. The number of nitrogens with one attached hydrogen (secondary N) is 2. The van der Waals surface area contributed by atoms with Crippen LogP contribution >= 0.6 is 11.3 Å². The van der Waals surface area contributed by atoms with Crippen molar-refractivity contribution in [2.24, 2.45) is 10.9 Å². The molecule has 0 aliphatic carbocycles. The molecular formula is C21H25N7O10S2. The molecule has 0 radical (unpaired) electrons. The van der Waals surface area contributed by atoms with E-state index in [4.69, 9.17) is 20.9 Å². The van der Waals surface area contributed by atoms with Gasteiger partial charge in [0.1, 0.15) is 17.8 Å². The Morgan fingerprint density at radius 1 is 1.25 bits per heavy atom. The van der Waals surface area contributed by atoms with E-state index in [1.54, 1.807) is 0 Å². The van der Waals surface area contributed by atoms with Gasteiger partial charge in [0.05, 0.1) is 6.04 Å². The van der Waals surface area contributed by atoms with Gasteiger partial charge in [0.2, 0.25) is 11.5 Å². The lowest BCUT2D eigenvalue weighted by atomic mass is 10.0. The number of anilines is 1. The second-order valence-corrected chi connectivity index (χ2v) is 11.2. The van der Waals surface area contributed by atoms with E-state index in [0.29, 0.717) is 0 Å². The zero-order valence-electron chi connectivity index (χ0n) is 21.1. The minimum absolute atomic E-state index is 0.0413. The molecule has 17 nitrogen and oxygen atoms in total. The highest BCUT2D eigenvalue weighted by molar-refractivity contribution is 7.84. The number of phenolic OH excluding ortho intramolecular Hbond substituents is 2. The van der Waals surface area contributed by atoms with E-state index < -0.39 is 74.9 Å². The molecule has 0 spiro atoms. The molecule has 1 saturated heterocycles. The minimum atomic E-state index is -4.84. The van der Waals surface area contributed by atoms with E-state index in [1.165, 1.54) is 32.2 Å². The number of phenols is 2. The standard InChI is InChI=1S/C21H25N7O10S2/c1-8-13(18(33)28(8)40(35,36)37)25-17(32)15(10-7-39-20(23)24-10)27-38-21(2,3)19(34)26-14(16(22)31)9-4-5-11(29)12(30)6-9/h4-8,13-14,29-30H,1-3H3,(H2,22,31)(H2,23,24)(H,25,32)(H,26,34)(H,35,36,37)/b27-15-/t8-,13-,14?/m0/s1. The number of benzene rings is 1. The third-order valence-electron chi connectivity index (χ3n) is 5.66. The molecule has 40 heavy (non-hydrogen) atoms. The summed E-state index contributed by atoms with van der Waals surface area (Å²) < 4.78 is 32.0. The van der Waals surface area contributed by atoms with Gasteiger partial charge in [0, 0.05) is 5.38 Å². The van der Waals surface area contributed by atoms with Gasteiger partial charge in [-0.05, 0) is 38.5 Å². The first kappa shape index (κ1) is 30.1. The average Bonchev–Trinajstić information content (AvgIpc) is 3.27. The van der Waals surface area contributed by atoms with Gasteiger partial charge in [0.15, 0.2) is 22.3 Å². The first-order valence-corrected chi connectivity index (χ1v) is 13.4. The predicted molar refractivity (Wildman–Crippen MR) is 138 cm³/mol. The van der Waals surface area contributed by atoms with Crippen molar-refractivity contribution in [1.82, 2.24) is 19.9 Å². The first-order valence-electron chi connectivity index (χ1n) is 11.1. The van der Waals surface area contributed by atoms with E-state index in [2.05, 4.69) is 20.8 Å². The number of carbonyl (C=O) groups excluding carboxylic acids is 4. The number of nitrogens with zero attached hydrogens (tertiary/aromatic N) is 3. The largest absolute Gasteiger partial charge is 0.504 e. The van der Waals surface area contributed by atoms with Crippen LogP contribution in [0, 0.1) is 0 Å². The molecular weight excluding hydrogens is 574 g/mol. The molecule has 3 atom stereocenters. The van der Waals surface area contributed by atoms with Gasteiger partial charge >= 0.3 is 10.3 Å². The van der Waals surface area contributed by atoms with Crippen molar-refractivity contribution in [2.45, 2.75) is 44.5 Å². The number of nitrogen functional groups attached to an aromatic ring is 1. The molecule has 2 heterocycles. The summed E-state index contributed by atoms with van der Waals surface area (Å²) in [7, 11) is -4.84. The van der Waals surface area contributed by atoms with Gasteiger partial charge < -0.3 is 37.2 Å². The molecule has 3 rings (SSSR count). The summed E-state index contributed by atoms with van der Waals surface area (Å²) in [6, 6.07) is -0.558. The highest BCUT2D eigenvalue weighted by Gasteiger charge is 2.51. The van der Waals surface area contributed by atoms with Crippen molar-refractivity contribution in [1.29, 1.82) is 0 Å². The van der Waals surface area contributed by atoms with Gasteiger partial charge in [0.25, 0.3) is 17.7 Å². The Kier molecular flexibility index (Phi) is 8.22. The third kappa shape index (κ3) is 6.21. The Hall–Kier alpha value is -4.49. The average molecular weight is 600 g/mol. The van der Waals surface area contributed by atoms with Crippen LogP contribution in [0.1, 0.15) is 38.1 Å². The second kappa shape index (κ2) is 10.9. The van der Waals surface area contributed by atoms with Gasteiger partial charge in [-0.2, -0.15) is 8.42 Å². The smallest absolute Gasteiger partial charge is 0.362 e. The summed E-state index contributed by atoms with van der Waals surface area (Å²) in [5, 5.41) is 28.9. The lowest BCUT2D eigenvalue weighted by molar-refractivity contribution is -0.145. The highest BCUT2D eigenvalue weighted by atomic mass is 32.2. The van der Waals surface area contributed by atoms with Crippen molar-refractivity contribution in [2.75, 3.05) is 5.73 Å². The Balaban J connectivity index is 1.82. The van der Waals surface area contributed by atoms with Gasteiger partial charge in [-0.15, -0.1) is 11.3 Å². The van der Waals surface area contributed by atoms with Gasteiger partial charge in [-0.1, -0.05) is 11.2 Å². The van der Waals surface area contributed by atoms with Crippen LogP contribution in [0.3, 0.4) is 0 Å². The van der Waals surface area contributed by atoms with Gasteiger partial charge in [-0.25, -0.2) is 9.29 Å². The lowest BCUT2D eigenvalue weighted by Gasteiger charge is -2.42. The zero-order valence-corrected chi connectivity index (χ0v) is 22.7. The molecule has 1 aromatic carbocycles. The summed E-state index contributed by atoms with van der Waals surface area (Å²) in [4.78, 5) is 59.5. The molecule has 1 aliphatic heterocycles. The van der Waals surface area contributed by atoms with Crippen LogP contribution < -0.4 is 22.1 Å². The number of hydrogen-bond donors (Lipinski definition) is 7.